The van der Waals surface area contributed by atoms with E-state index in [2.05, 4.69) is 27.0 Å². The quantitative estimate of drug-likeness (QED) is 0.768. The summed E-state index contributed by atoms with van der Waals surface area (Å²) >= 11 is 3.38. The number of benzene rings is 1. The van der Waals surface area contributed by atoms with Gasteiger partial charge in [0, 0.05) is 36.8 Å². The minimum atomic E-state index is -0.549. The third-order valence-electron chi connectivity index (χ3n) is 4.27. The van der Waals surface area contributed by atoms with E-state index >= 15 is 0 Å². The Bertz CT molecular complexity index is 811. The molecular formula is C19H19BrN4O2. The molecule has 1 saturated heterocycles. The summed E-state index contributed by atoms with van der Waals surface area (Å²) in [6.07, 6.45) is 1.13. The second-order valence-electron chi connectivity index (χ2n) is 6.01. The summed E-state index contributed by atoms with van der Waals surface area (Å²) in [4.78, 5) is 20.8. The molecule has 1 aromatic carbocycles. The number of carbonyl (C=O) groups is 1. The Hall–Kier alpha value is -2.59. The van der Waals surface area contributed by atoms with Gasteiger partial charge in [-0.05, 0) is 43.3 Å². The molecule has 1 fully saturated rings. The average Bonchev–Trinajstić information content (AvgIpc) is 2.69. The number of ether oxygens (including phenoxy) is 1. The van der Waals surface area contributed by atoms with Crippen LogP contribution in [0, 0.1) is 11.3 Å². The van der Waals surface area contributed by atoms with Crippen molar-refractivity contribution in [2.75, 3.05) is 31.1 Å². The van der Waals surface area contributed by atoms with Crippen molar-refractivity contribution in [1.29, 1.82) is 5.26 Å². The minimum Gasteiger partial charge on any atom is -0.481 e. The maximum atomic E-state index is 12.6. The third-order valence-corrected chi connectivity index (χ3v) is 4.80. The Morgan fingerprint density at radius 1 is 1.23 bits per heavy atom. The highest BCUT2D eigenvalue weighted by Crippen LogP contribution is 2.20. The maximum absolute atomic E-state index is 12.6. The van der Waals surface area contributed by atoms with E-state index in [1.165, 1.54) is 0 Å². The highest BCUT2D eigenvalue weighted by molar-refractivity contribution is 9.10. The van der Waals surface area contributed by atoms with E-state index in [4.69, 9.17) is 4.74 Å². The van der Waals surface area contributed by atoms with Gasteiger partial charge in [0.15, 0.2) is 6.10 Å². The van der Waals surface area contributed by atoms with Crippen molar-refractivity contribution in [3.05, 3.63) is 52.6 Å². The summed E-state index contributed by atoms with van der Waals surface area (Å²) in [7, 11) is 0. The molecule has 3 rings (SSSR count). The summed E-state index contributed by atoms with van der Waals surface area (Å²) < 4.78 is 6.72. The first-order valence-electron chi connectivity index (χ1n) is 8.39. The van der Waals surface area contributed by atoms with Crippen LogP contribution < -0.4 is 9.64 Å². The zero-order valence-corrected chi connectivity index (χ0v) is 16.0. The van der Waals surface area contributed by atoms with Crippen molar-refractivity contribution < 1.29 is 9.53 Å². The first-order chi connectivity index (χ1) is 12.6. The fourth-order valence-electron chi connectivity index (χ4n) is 2.90. The van der Waals surface area contributed by atoms with Crippen LogP contribution in [0.1, 0.15) is 12.5 Å². The summed E-state index contributed by atoms with van der Waals surface area (Å²) in [5.41, 5.74) is 0.555. The molecular weight excluding hydrogens is 396 g/mol. The van der Waals surface area contributed by atoms with E-state index < -0.39 is 6.10 Å². The molecule has 1 aliphatic rings. The smallest absolute Gasteiger partial charge is 0.263 e. The van der Waals surface area contributed by atoms with Gasteiger partial charge in [0.05, 0.1) is 5.56 Å². The first kappa shape index (κ1) is 18.2. The lowest BCUT2D eigenvalue weighted by molar-refractivity contribution is -0.138. The van der Waals surface area contributed by atoms with Crippen molar-refractivity contribution in [2.24, 2.45) is 0 Å². The number of anilines is 1. The average molecular weight is 415 g/mol. The molecule has 0 spiro atoms. The fraction of sp³-hybridized carbons (Fsp3) is 0.316. The Morgan fingerprint density at radius 2 is 1.92 bits per heavy atom. The second-order valence-corrected chi connectivity index (χ2v) is 6.93. The minimum absolute atomic E-state index is 0.0332. The highest BCUT2D eigenvalue weighted by atomic mass is 79.9. The zero-order chi connectivity index (χ0) is 18.5. The summed E-state index contributed by atoms with van der Waals surface area (Å²) in [6.45, 7) is 4.21. The summed E-state index contributed by atoms with van der Waals surface area (Å²) in [5.74, 6) is 1.31. The van der Waals surface area contributed by atoms with Crippen molar-refractivity contribution >= 4 is 27.7 Å². The fourth-order valence-corrected chi connectivity index (χ4v) is 3.16. The molecule has 26 heavy (non-hydrogen) atoms. The van der Waals surface area contributed by atoms with Crippen LogP contribution in [-0.4, -0.2) is 48.1 Å². The molecule has 0 bridgehead atoms. The summed E-state index contributed by atoms with van der Waals surface area (Å²) in [5, 5.41) is 9.22. The number of nitrogens with zero attached hydrogens (tertiary/aromatic N) is 4. The summed E-state index contributed by atoms with van der Waals surface area (Å²) in [6, 6.07) is 13.1. The Kier molecular flexibility index (Phi) is 5.74. The standard InChI is InChI=1S/C19H19BrN4O2/c1-14(26-17-6-4-16(20)5-7-17)19(25)24-11-9-23(10-12-24)18-15(13-21)3-2-8-22-18/h2-8,14H,9-12H2,1H3. The number of hydrogen-bond acceptors (Lipinski definition) is 5. The topological polar surface area (TPSA) is 69.5 Å². The van der Waals surface area contributed by atoms with E-state index in [-0.39, 0.29) is 5.91 Å². The van der Waals surface area contributed by atoms with Crippen molar-refractivity contribution in [2.45, 2.75) is 13.0 Å². The number of piperazine rings is 1. The number of rotatable bonds is 4. The molecule has 1 amide bonds. The molecule has 0 N–H and O–H groups in total. The highest BCUT2D eigenvalue weighted by Gasteiger charge is 2.27. The van der Waals surface area contributed by atoms with E-state index in [9.17, 15) is 10.1 Å². The molecule has 1 aliphatic heterocycles. The lowest BCUT2D eigenvalue weighted by atomic mass is 10.2. The molecule has 6 nitrogen and oxygen atoms in total. The van der Waals surface area contributed by atoms with Gasteiger partial charge in [-0.15, -0.1) is 0 Å². The van der Waals surface area contributed by atoms with Gasteiger partial charge in [0.2, 0.25) is 0 Å². The largest absolute Gasteiger partial charge is 0.481 e. The molecule has 0 radical (unpaired) electrons. The number of nitriles is 1. The molecule has 0 saturated carbocycles. The van der Waals surface area contributed by atoms with Gasteiger partial charge in [0.25, 0.3) is 5.91 Å². The van der Waals surface area contributed by atoms with Crippen LogP contribution >= 0.6 is 15.9 Å². The van der Waals surface area contributed by atoms with Crippen LogP contribution in [0.4, 0.5) is 5.82 Å². The van der Waals surface area contributed by atoms with Crippen LogP contribution in [0.3, 0.4) is 0 Å². The SMILES string of the molecule is CC(Oc1ccc(Br)cc1)C(=O)N1CCN(c2ncccc2C#N)CC1. The number of hydrogen-bond donors (Lipinski definition) is 0. The monoisotopic (exact) mass is 414 g/mol. The molecule has 0 aliphatic carbocycles. The van der Waals surface area contributed by atoms with Gasteiger partial charge in [-0.25, -0.2) is 4.98 Å². The van der Waals surface area contributed by atoms with Crippen LogP contribution in [0.15, 0.2) is 47.1 Å². The van der Waals surface area contributed by atoms with Crippen LogP contribution in [-0.2, 0) is 4.79 Å². The Labute approximate surface area is 161 Å². The Morgan fingerprint density at radius 3 is 2.58 bits per heavy atom. The van der Waals surface area contributed by atoms with E-state index in [0.717, 1.165) is 4.47 Å². The zero-order valence-electron chi connectivity index (χ0n) is 14.4. The molecule has 2 heterocycles. The van der Waals surface area contributed by atoms with Gasteiger partial charge in [-0.2, -0.15) is 5.26 Å². The number of carbonyl (C=O) groups excluding carboxylic acids is 1. The number of aromatic nitrogens is 1. The number of halogens is 1. The first-order valence-corrected chi connectivity index (χ1v) is 9.19. The van der Waals surface area contributed by atoms with E-state index in [1.807, 2.05) is 29.2 Å². The molecule has 2 aromatic rings. The number of pyridine rings is 1. The molecule has 7 heteroatoms. The number of amides is 1. The van der Waals surface area contributed by atoms with Crippen LogP contribution in [0.2, 0.25) is 0 Å². The third kappa shape index (κ3) is 4.14. The van der Waals surface area contributed by atoms with E-state index in [0.29, 0.717) is 43.3 Å². The second kappa shape index (κ2) is 8.19. The van der Waals surface area contributed by atoms with Crippen molar-refractivity contribution in [3.8, 4) is 11.8 Å². The van der Waals surface area contributed by atoms with Crippen molar-refractivity contribution in [3.63, 3.8) is 0 Å². The molecule has 134 valence electrons. The van der Waals surface area contributed by atoms with Gasteiger partial charge < -0.3 is 14.5 Å². The molecule has 1 unspecified atom stereocenters. The van der Waals surface area contributed by atoms with Gasteiger partial charge in [-0.1, -0.05) is 15.9 Å². The van der Waals surface area contributed by atoms with E-state index in [1.54, 1.807) is 30.2 Å². The lowest BCUT2D eigenvalue weighted by Gasteiger charge is -2.36. The molecule has 1 atom stereocenters. The maximum Gasteiger partial charge on any atom is 0.263 e. The lowest BCUT2D eigenvalue weighted by Crippen LogP contribution is -2.52. The predicted molar refractivity (Wildman–Crippen MR) is 102 cm³/mol. The van der Waals surface area contributed by atoms with Crippen molar-refractivity contribution in [1.82, 2.24) is 9.88 Å². The van der Waals surface area contributed by atoms with Gasteiger partial charge >= 0.3 is 0 Å². The van der Waals surface area contributed by atoms with Gasteiger partial charge in [0.1, 0.15) is 17.6 Å². The van der Waals surface area contributed by atoms with Crippen LogP contribution in [0.5, 0.6) is 5.75 Å². The van der Waals surface area contributed by atoms with Crippen LogP contribution in [0.25, 0.3) is 0 Å². The predicted octanol–water partition coefficient (Wildman–Crippen LogP) is 2.83. The Balaban J connectivity index is 1.58. The molecule has 1 aromatic heterocycles. The normalized spacial score (nSPS) is 15.3. The van der Waals surface area contributed by atoms with Gasteiger partial charge in [-0.3, -0.25) is 4.79 Å².